The number of nitrogens with zero attached hydrogens (tertiary/aromatic N) is 1. The van der Waals surface area contributed by atoms with E-state index in [0.717, 1.165) is 18.6 Å². The minimum Gasteiger partial charge on any atom is -0.411 e. The summed E-state index contributed by atoms with van der Waals surface area (Å²) in [6.07, 6.45) is 13.9. The molecular formula is C14H26N2O. The van der Waals surface area contributed by atoms with Gasteiger partial charge in [-0.25, -0.2) is 0 Å². The normalized spacial score (nSPS) is 31.1. The Morgan fingerprint density at radius 2 is 1.53 bits per heavy atom. The van der Waals surface area contributed by atoms with Crippen molar-refractivity contribution in [3.8, 4) is 0 Å². The molecule has 98 valence electrons. The van der Waals surface area contributed by atoms with Gasteiger partial charge in [0.05, 0.1) is 5.71 Å². The zero-order valence-electron chi connectivity index (χ0n) is 10.8. The van der Waals surface area contributed by atoms with Crippen molar-refractivity contribution in [2.75, 3.05) is 0 Å². The number of hydrogen-bond acceptors (Lipinski definition) is 3. The lowest BCUT2D eigenvalue weighted by Crippen LogP contribution is -2.44. The Hall–Kier alpha value is -0.570. The third-order valence-corrected chi connectivity index (χ3v) is 4.25. The summed E-state index contributed by atoms with van der Waals surface area (Å²) in [7, 11) is 0. The molecule has 0 aromatic rings. The topological polar surface area (TPSA) is 44.6 Å². The quantitative estimate of drug-likeness (QED) is 0.571. The molecule has 0 bridgehead atoms. The van der Waals surface area contributed by atoms with Crippen molar-refractivity contribution in [2.24, 2.45) is 5.16 Å². The SMILES string of the molecule is O/N=C1/CCCCCCC1NC1CCCCC1. The molecule has 2 N–H and O–H groups in total. The van der Waals surface area contributed by atoms with Crippen LogP contribution in [0.4, 0.5) is 0 Å². The van der Waals surface area contributed by atoms with Crippen molar-refractivity contribution < 1.29 is 5.21 Å². The summed E-state index contributed by atoms with van der Waals surface area (Å²) in [5.74, 6) is 0. The van der Waals surface area contributed by atoms with Crippen LogP contribution in [0.5, 0.6) is 0 Å². The predicted molar refractivity (Wildman–Crippen MR) is 70.7 cm³/mol. The molecule has 1 atom stereocenters. The van der Waals surface area contributed by atoms with Gasteiger partial charge in [0, 0.05) is 12.1 Å². The van der Waals surface area contributed by atoms with Gasteiger partial charge >= 0.3 is 0 Å². The lowest BCUT2D eigenvalue weighted by molar-refractivity contribution is 0.304. The van der Waals surface area contributed by atoms with Gasteiger partial charge in [0.2, 0.25) is 0 Å². The van der Waals surface area contributed by atoms with Crippen molar-refractivity contribution in [1.82, 2.24) is 5.32 Å². The highest BCUT2D eigenvalue weighted by Crippen LogP contribution is 2.21. The van der Waals surface area contributed by atoms with Gasteiger partial charge in [0.25, 0.3) is 0 Å². The highest BCUT2D eigenvalue weighted by atomic mass is 16.4. The predicted octanol–water partition coefficient (Wildman–Crippen LogP) is 3.46. The van der Waals surface area contributed by atoms with Gasteiger partial charge < -0.3 is 10.5 Å². The molecule has 17 heavy (non-hydrogen) atoms. The fraction of sp³-hybridized carbons (Fsp3) is 0.929. The number of hydrogen-bond donors (Lipinski definition) is 2. The van der Waals surface area contributed by atoms with Gasteiger partial charge in [0.1, 0.15) is 0 Å². The second kappa shape index (κ2) is 7.00. The second-order valence-electron chi connectivity index (χ2n) is 5.60. The van der Waals surface area contributed by atoms with Crippen LogP contribution in [-0.4, -0.2) is 23.0 Å². The van der Waals surface area contributed by atoms with Crippen molar-refractivity contribution in [2.45, 2.75) is 82.7 Å². The Balaban J connectivity index is 1.89. The summed E-state index contributed by atoms with van der Waals surface area (Å²) < 4.78 is 0. The molecule has 0 spiro atoms. The molecule has 0 saturated heterocycles. The first-order valence-corrected chi connectivity index (χ1v) is 7.37. The molecule has 2 aliphatic rings. The van der Waals surface area contributed by atoms with Crippen molar-refractivity contribution in [3.63, 3.8) is 0 Å². The summed E-state index contributed by atoms with van der Waals surface area (Å²) in [5.41, 5.74) is 0.996. The van der Waals surface area contributed by atoms with Crippen LogP contribution in [0.25, 0.3) is 0 Å². The molecule has 3 heteroatoms. The molecule has 0 aliphatic heterocycles. The van der Waals surface area contributed by atoms with Gasteiger partial charge in [-0.2, -0.15) is 0 Å². The minimum atomic E-state index is 0.336. The first-order chi connectivity index (χ1) is 8.40. The summed E-state index contributed by atoms with van der Waals surface area (Å²) in [4.78, 5) is 0. The molecule has 3 nitrogen and oxygen atoms in total. The molecule has 2 rings (SSSR count). The molecule has 0 amide bonds. The Bertz CT molecular complexity index is 247. The molecule has 2 fully saturated rings. The van der Waals surface area contributed by atoms with E-state index < -0.39 is 0 Å². The van der Waals surface area contributed by atoms with Crippen LogP contribution in [0, 0.1) is 0 Å². The van der Waals surface area contributed by atoms with Gasteiger partial charge in [-0.15, -0.1) is 0 Å². The van der Waals surface area contributed by atoms with Crippen molar-refractivity contribution in [3.05, 3.63) is 0 Å². The summed E-state index contributed by atoms with van der Waals surface area (Å²) >= 11 is 0. The molecular weight excluding hydrogens is 212 g/mol. The molecule has 0 aromatic carbocycles. The molecule has 0 heterocycles. The van der Waals surface area contributed by atoms with E-state index in [9.17, 15) is 0 Å². The minimum absolute atomic E-state index is 0.336. The average Bonchev–Trinajstić information content (AvgIpc) is 2.34. The van der Waals surface area contributed by atoms with Crippen molar-refractivity contribution >= 4 is 5.71 Å². The smallest absolute Gasteiger partial charge is 0.0739 e. The Kier molecular flexibility index (Phi) is 5.30. The number of rotatable bonds is 2. The van der Waals surface area contributed by atoms with Crippen molar-refractivity contribution in [1.29, 1.82) is 0 Å². The first-order valence-electron chi connectivity index (χ1n) is 7.37. The number of oxime groups is 1. The summed E-state index contributed by atoms with van der Waals surface area (Å²) in [5, 5.41) is 16.4. The highest BCUT2D eigenvalue weighted by Gasteiger charge is 2.22. The number of nitrogens with one attached hydrogen (secondary N) is 1. The van der Waals surface area contributed by atoms with Crippen LogP contribution in [0.3, 0.4) is 0 Å². The second-order valence-corrected chi connectivity index (χ2v) is 5.60. The maximum absolute atomic E-state index is 9.16. The standard InChI is InChI=1S/C14H26N2O/c17-16-14-11-7-2-1-6-10-13(14)15-12-8-4-3-5-9-12/h12-13,15,17H,1-11H2/b16-14-. The zero-order chi connectivity index (χ0) is 11.9. The Morgan fingerprint density at radius 3 is 2.29 bits per heavy atom. The molecule has 2 saturated carbocycles. The van der Waals surface area contributed by atoms with Gasteiger partial charge in [0.15, 0.2) is 0 Å². The van der Waals surface area contributed by atoms with Gasteiger partial charge in [-0.1, -0.05) is 43.7 Å². The van der Waals surface area contributed by atoms with E-state index in [-0.39, 0.29) is 0 Å². The monoisotopic (exact) mass is 238 g/mol. The average molecular weight is 238 g/mol. The van der Waals surface area contributed by atoms with Crippen LogP contribution in [0.15, 0.2) is 5.16 Å². The van der Waals surface area contributed by atoms with E-state index in [2.05, 4.69) is 10.5 Å². The van der Waals surface area contributed by atoms with Crippen LogP contribution in [0.1, 0.15) is 70.6 Å². The maximum Gasteiger partial charge on any atom is 0.0739 e. The lowest BCUT2D eigenvalue weighted by atomic mass is 9.91. The summed E-state index contributed by atoms with van der Waals surface area (Å²) in [6, 6.07) is 0.994. The Labute approximate surface area is 105 Å². The lowest BCUT2D eigenvalue weighted by Gasteiger charge is -2.30. The van der Waals surface area contributed by atoms with Gasteiger partial charge in [-0.05, 0) is 32.1 Å². The largest absolute Gasteiger partial charge is 0.411 e. The molecule has 2 aliphatic carbocycles. The third-order valence-electron chi connectivity index (χ3n) is 4.25. The van der Waals surface area contributed by atoms with E-state index in [1.54, 1.807) is 0 Å². The van der Waals surface area contributed by atoms with Crippen LogP contribution < -0.4 is 5.32 Å². The van der Waals surface area contributed by atoms with E-state index in [1.165, 1.54) is 57.8 Å². The zero-order valence-corrected chi connectivity index (χ0v) is 10.8. The fourth-order valence-electron chi connectivity index (χ4n) is 3.20. The van der Waals surface area contributed by atoms with Gasteiger partial charge in [-0.3, -0.25) is 0 Å². The first kappa shape index (κ1) is 12.9. The van der Waals surface area contributed by atoms with E-state index in [4.69, 9.17) is 5.21 Å². The van der Waals surface area contributed by atoms with Crippen LogP contribution >= 0.6 is 0 Å². The fourth-order valence-corrected chi connectivity index (χ4v) is 3.20. The molecule has 1 unspecified atom stereocenters. The molecule has 0 aromatic heterocycles. The third kappa shape index (κ3) is 3.98. The van der Waals surface area contributed by atoms with E-state index in [0.29, 0.717) is 12.1 Å². The molecule has 0 radical (unpaired) electrons. The summed E-state index contributed by atoms with van der Waals surface area (Å²) in [6.45, 7) is 0. The van der Waals surface area contributed by atoms with E-state index in [1.807, 2.05) is 0 Å². The van der Waals surface area contributed by atoms with Crippen LogP contribution in [-0.2, 0) is 0 Å². The highest BCUT2D eigenvalue weighted by molar-refractivity contribution is 5.89. The Morgan fingerprint density at radius 1 is 0.882 bits per heavy atom. The van der Waals surface area contributed by atoms with E-state index >= 15 is 0 Å². The van der Waals surface area contributed by atoms with Crippen LogP contribution in [0.2, 0.25) is 0 Å². The maximum atomic E-state index is 9.16.